The maximum atomic E-state index is 12.2. The summed E-state index contributed by atoms with van der Waals surface area (Å²) in [4.78, 5) is 16.9. The first-order valence-corrected chi connectivity index (χ1v) is 7.55. The van der Waals surface area contributed by atoms with Crippen LogP contribution >= 0.6 is 0 Å². The maximum absolute atomic E-state index is 12.2. The van der Waals surface area contributed by atoms with E-state index in [1.54, 1.807) is 12.3 Å². The molecule has 5 nitrogen and oxygen atoms in total. The number of nitrogens with zero attached hydrogens (tertiary/aromatic N) is 3. The predicted molar refractivity (Wildman–Crippen MR) is 89.4 cm³/mol. The zero-order valence-corrected chi connectivity index (χ0v) is 13.7. The van der Waals surface area contributed by atoms with E-state index in [0.29, 0.717) is 16.6 Å². The molecule has 2 aromatic heterocycles. The van der Waals surface area contributed by atoms with Crippen molar-refractivity contribution in [3.63, 3.8) is 0 Å². The summed E-state index contributed by atoms with van der Waals surface area (Å²) in [7, 11) is 1.38. The molecule has 5 heteroatoms. The van der Waals surface area contributed by atoms with Crippen molar-refractivity contribution >= 4 is 17.0 Å². The number of carbonyl (C=O) groups excluding carboxylic acids is 1. The van der Waals surface area contributed by atoms with Crippen LogP contribution in [-0.4, -0.2) is 27.8 Å². The summed E-state index contributed by atoms with van der Waals surface area (Å²) < 4.78 is 6.74. The fourth-order valence-electron chi connectivity index (χ4n) is 2.55. The molecule has 0 aliphatic heterocycles. The van der Waals surface area contributed by atoms with Gasteiger partial charge in [-0.25, -0.2) is 14.5 Å². The van der Waals surface area contributed by atoms with Crippen LogP contribution in [0.2, 0.25) is 0 Å². The smallest absolute Gasteiger partial charge is 0.338 e. The second-order valence-electron chi connectivity index (χ2n) is 5.83. The van der Waals surface area contributed by atoms with E-state index in [-0.39, 0.29) is 12.0 Å². The molecule has 0 unspecified atom stereocenters. The van der Waals surface area contributed by atoms with Gasteiger partial charge in [0.15, 0.2) is 5.65 Å². The van der Waals surface area contributed by atoms with E-state index in [4.69, 9.17) is 9.72 Å². The van der Waals surface area contributed by atoms with Gasteiger partial charge >= 0.3 is 5.97 Å². The normalized spacial score (nSPS) is 11.2. The Kier molecular flexibility index (Phi) is 3.86. The molecule has 3 rings (SSSR count). The highest BCUT2D eigenvalue weighted by Gasteiger charge is 2.18. The molecule has 0 spiro atoms. The molecule has 0 fully saturated rings. The molecule has 3 aromatic rings. The quantitative estimate of drug-likeness (QED) is 0.691. The van der Waals surface area contributed by atoms with Crippen LogP contribution in [0.15, 0.2) is 36.5 Å². The van der Waals surface area contributed by atoms with Crippen LogP contribution in [0.25, 0.3) is 22.3 Å². The number of ether oxygens (including phenoxy) is 1. The fraction of sp³-hybridized carbons (Fsp3) is 0.278. The maximum Gasteiger partial charge on any atom is 0.338 e. The third-order valence-corrected chi connectivity index (χ3v) is 3.81. The lowest BCUT2D eigenvalue weighted by Gasteiger charge is -2.10. The molecule has 23 heavy (non-hydrogen) atoms. The van der Waals surface area contributed by atoms with E-state index >= 15 is 0 Å². The van der Waals surface area contributed by atoms with Crippen LogP contribution in [0, 0.1) is 6.92 Å². The van der Waals surface area contributed by atoms with Crippen LogP contribution in [0.4, 0.5) is 0 Å². The third kappa shape index (κ3) is 2.70. The number of carbonyl (C=O) groups is 1. The van der Waals surface area contributed by atoms with Crippen molar-refractivity contribution in [1.82, 2.24) is 14.8 Å². The number of pyridine rings is 1. The van der Waals surface area contributed by atoms with E-state index in [0.717, 1.165) is 11.3 Å². The van der Waals surface area contributed by atoms with Gasteiger partial charge in [-0.2, -0.15) is 5.10 Å². The number of aromatic nitrogens is 3. The Balaban J connectivity index is 2.28. The SMILES string of the molecule is COC(=O)c1cc(-c2ccc(C)cc2)nc2c1cnn2C(C)C. The standard InChI is InChI=1S/C18H19N3O2/c1-11(2)21-17-15(10-19-21)14(18(22)23-4)9-16(20-17)13-7-5-12(3)6-8-13/h5-11H,1-4H3. The lowest BCUT2D eigenvalue weighted by molar-refractivity contribution is 0.0603. The Bertz CT molecular complexity index is 864. The molecule has 0 aliphatic rings. The molecule has 0 amide bonds. The van der Waals surface area contributed by atoms with Gasteiger partial charge in [0.05, 0.1) is 30.0 Å². The average molecular weight is 309 g/mol. The Morgan fingerprint density at radius 3 is 2.52 bits per heavy atom. The number of fused-ring (bicyclic) bond motifs is 1. The molecular weight excluding hydrogens is 290 g/mol. The number of hydrogen-bond donors (Lipinski definition) is 0. The van der Waals surface area contributed by atoms with E-state index in [1.165, 1.54) is 12.7 Å². The van der Waals surface area contributed by atoms with Crippen molar-refractivity contribution in [3.8, 4) is 11.3 Å². The average Bonchev–Trinajstić information content (AvgIpc) is 2.98. The lowest BCUT2D eigenvalue weighted by Crippen LogP contribution is -2.06. The van der Waals surface area contributed by atoms with Gasteiger partial charge in [0.25, 0.3) is 0 Å². The topological polar surface area (TPSA) is 57.0 Å². The van der Waals surface area contributed by atoms with Crippen LogP contribution in [-0.2, 0) is 4.74 Å². The molecule has 0 atom stereocenters. The minimum absolute atomic E-state index is 0.152. The summed E-state index contributed by atoms with van der Waals surface area (Å²) >= 11 is 0. The van der Waals surface area contributed by atoms with Crippen LogP contribution < -0.4 is 0 Å². The van der Waals surface area contributed by atoms with Gasteiger partial charge in [0.2, 0.25) is 0 Å². The molecule has 0 aliphatic carbocycles. The minimum atomic E-state index is -0.380. The Morgan fingerprint density at radius 2 is 1.91 bits per heavy atom. The first kappa shape index (κ1) is 15.2. The van der Waals surface area contributed by atoms with Gasteiger partial charge in [0, 0.05) is 11.6 Å². The second kappa shape index (κ2) is 5.83. The van der Waals surface area contributed by atoms with Gasteiger partial charge in [-0.15, -0.1) is 0 Å². The summed E-state index contributed by atoms with van der Waals surface area (Å²) in [6.45, 7) is 6.10. The van der Waals surface area contributed by atoms with E-state index in [1.807, 2.05) is 49.7 Å². The molecule has 0 N–H and O–H groups in total. The Hall–Kier alpha value is -2.69. The largest absolute Gasteiger partial charge is 0.465 e. The van der Waals surface area contributed by atoms with Crippen LogP contribution in [0.3, 0.4) is 0 Å². The van der Waals surface area contributed by atoms with Gasteiger partial charge in [-0.05, 0) is 26.8 Å². The lowest BCUT2D eigenvalue weighted by atomic mass is 10.1. The highest BCUT2D eigenvalue weighted by molar-refractivity contribution is 6.03. The number of methoxy groups -OCH3 is 1. The van der Waals surface area contributed by atoms with Crippen LogP contribution in [0.5, 0.6) is 0 Å². The summed E-state index contributed by atoms with van der Waals surface area (Å²) in [6, 6.07) is 9.98. The third-order valence-electron chi connectivity index (χ3n) is 3.81. The molecule has 0 radical (unpaired) electrons. The second-order valence-corrected chi connectivity index (χ2v) is 5.83. The van der Waals surface area contributed by atoms with Crippen molar-refractivity contribution in [2.75, 3.05) is 7.11 Å². The molecule has 2 heterocycles. The number of hydrogen-bond acceptors (Lipinski definition) is 4. The molecule has 0 saturated carbocycles. The minimum Gasteiger partial charge on any atom is -0.465 e. The summed E-state index contributed by atoms with van der Waals surface area (Å²) in [5.41, 5.74) is 4.05. The number of esters is 1. The molecule has 0 bridgehead atoms. The van der Waals surface area contributed by atoms with Crippen molar-refractivity contribution in [2.45, 2.75) is 26.8 Å². The fourth-order valence-corrected chi connectivity index (χ4v) is 2.55. The van der Waals surface area contributed by atoms with Gasteiger partial charge < -0.3 is 4.74 Å². The van der Waals surface area contributed by atoms with Crippen molar-refractivity contribution < 1.29 is 9.53 Å². The van der Waals surface area contributed by atoms with Crippen molar-refractivity contribution in [1.29, 1.82) is 0 Å². The zero-order valence-electron chi connectivity index (χ0n) is 13.7. The van der Waals surface area contributed by atoms with E-state index < -0.39 is 0 Å². The molecule has 0 saturated heterocycles. The zero-order chi connectivity index (χ0) is 16.6. The summed E-state index contributed by atoms with van der Waals surface area (Å²) in [5.74, 6) is -0.380. The summed E-state index contributed by atoms with van der Waals surface area (Å²) in [6.07, 6.45) is 1.67. The van der Waals surface area contributed by atoms with Gasteiger partial charge in [0.1, 0.15) is 0 Å². The van der Waals surface area contributed by atoms with Crippen molar-refractivity contribution in [2.24, 2.45) is 0 Å². The number of aryl methyl sites for hydroxylation is 1. The number of benzene rings is 1. The monoisotopic (exact) mass is 309 g/mol. The highest BCUT2D eigenvalue weighted by Crippen LogP contribution is 2.27. The number of rotatable bonds is 3. The Labute approximate surface area is 134 Å². The summed E-state index contributed by atoms with van der Waals surface area (Å²) in [5, 5.41) is 5.08. The highest BCUT2D eigenvalue weighted by atomic mass is 16.5. The van der Waals surface area contributed by atoms with Gasteiger partial charge in [-0.1, -0.05) is 29.8 Å². The van der Waals surface area contributed by atoms with Crippen molar-refractivity contribution in [3.05, 3.63) is 47.7 Å². The molecule has 1 aromatic carbocycles. The molecular formula is C18H19N3O2. The van der Waals surface area contributed by atoms with Crippen LogP contribution in [0.1, 0.15) is 35.8 Å². The first-order chi connectivity index (χ1) is 11.0. The Morgan fingerprint density at radius 1 is 1.22 bits per heavy atom. The van der Waals surface area contributed by atoms with E-state index in [2.05, 4.69) is 5.10 Å². The first-order valence-electron chi connectivity index (χ1n) is 7.55. The van der Waals surface area contributed by atoms with E-state index in [9.17, 15) is 4.79 Å². The molecule has 118 valence electrons. The predicted octanol–water partition coefficient (Wildman–Crippen LogP) is 3.77. The van der Waals surface area contributed by atoms with Gasteiger partial charge in [-0.3, -0.25) is 0 Å².